The van der Waals surface area contributed by atoms with E-state index in [4.69, 9.17) is 11.6 Å². The van der Waals surface area contributed by atoms with E-state index in [2.05, 4.69) is 0 Å². The summed E-state index contributed by atoms with van der Waals surface area (Å²) in [5.74, 6) is -1.33. The van der Waals surface area contributed by atoms with Crippen LogP contribution in [-0.2, 0) is 4.79 Å². The normalized spacial score (nSPS) is 9.62. The van der Waals surface area contributed by atoms with Gasteiger partial charge in [-0.25, -0.2) is 0 Å². The molecule has 84 valence electrons. The Morgan fingerprint density at radius 3 is 2.56 bits per heavy atom. The molecule has 0 aliphatic heterocycles. The number of carbonyl (C=O) groups excluding carboxylic acids is 2. The van der Waals surface area contributed by atoms with Crippen LogP contribution in [0.15, 0.2) is 18.2 Å². The van der Waals surface area contributed by atoms with E-state index in [0.717, 1.165) is 13.0 Å². The molecule has 1 N–H and O–H groups in total. The third kappa shape index (κ3) is 2.77. The standard InChI is InChI=1S/C9H7ClN2O4/c1-5(13)11-9(14)7-4-6(12(15)16)2-3-8(7)10/h2-4H,1H3,(H,11,13,14). The van der Waals surface area contributed by atoms with Gasteiger partial charge in [-0.3, -0.25) is 25.0 Å². The largest absolute Gasteiger partial charge is 0.293 e. The van der Waals surface area contributed by atoms with E-state index in [1.165, 1.54) is 12.1 Å². The number of rotatable bonds is 2. The minimum Gasteiger partial charge on any atom is -0.293 e. The van der Waals surface area contributed by atoms with Gasteiger partial charge in [0.15, 0.2) is 0 Å². The quantitative estimate of drug-likeness (QED) is 0.629. The maximum Gasteiger partial charge on any atom is 0.270 e. The van der Waals surface area contributed by atoms with Crippen molar-refractivity contribution in [2.24, 2.45) is 0 Å². The molecule has 1 aromatic rings. The molecule has 0 spiro atoms. The SMILES string of the molecule is CC(=O)NC(=O)c1cc([N+](=O)[O-])ccc1Cl. The van der Waals surface area contributed by atoms with Crippen LogP contribution in [-0.4, -0.2) is 16.7 Å². The molecule has 0 radical (unpaired) electrons. The number of benzene rings is 1. The predicted molar refractivity (Wildman–Crippen MR) is 56.3 cm³/mol. The highest BCUT2D eigenvalue weighted by Gasteiger charge is 2.16. The molecule has 0 atom stereocenters. The van der Waals surface area contributed by atoms with Crippen LogP contribution in [0.25, 0.3) is 0 Å². The predicted octanol–water partition coefficient (Wildman–Crippen LogP) is 1.52. The van der Waals surface area contributed by atoms with Crippen molar-refractivity contribution >= 4 is 29.1 Å². The summed E-state index contributed by atoms with van der Waals surface area (Å²) in [6.45, 7) is 1.16. The fraction of sp³-hybridized carbons (Fsp3) is 0.111. The fourth-order valence-electron chi connectivity index (χ4n) is 1.03. The van der Waals surface area contributed by atoms with Gasteiger partial charge in [-0.1, -0.05) is 11.6 Å². The second kappa shape index (κ2) is 4.71. The Morgan fingerprint density at radius 2 is 2.06 bits per heavy atom. The number of hydrogen-bond donors (Lipinski definition) is 1. The van der Waals surface area contributed by atoms with Crippen molar-refractivity contribution in [1.82, 2.24) is 5.32 Å². The van der Waals surface area contributed by atoms with Crippen molar-refractivity contribution in [2.75, 3.05) is 0 Å². The van der Waals surface area contributed by atoms with Gasteiger partial charge in [0, 0.05) is 19.1 Å². The molecule has 0 fully saturated rings. The van der Waals surface area contributed by atoms with Crippen LogP contribution in [0.3, 0.4) is 0 Å². The summed E-state index contributed by atoms with van der Waals surface area (Å²) in [5, 5.41) is 12.5. The second-order valence-corrected chi connectivity index (χ2v) is 3.34. The topological polar surface area (TPSA) is 89.3 Å². The van der Waals surface area contributed by atoms with Crippen molar-refractivity contribution in [3.8, 4) is 0 Å². The molecule has 7 heteroatoms. The second-order valence-electron chi connectivity index (χ2n) is 2.93. The lowest BCUT2D eigenvalue weighted by atomic mass is 10.2. The minimum atomic E-state index is -0.763. The number of nitrogens with zero attached hydrogens (tertiary/aromatic N) is 1. The summed E-state index contributed by atoms with van der Waals surface area (Å²) in [7, 11) is 0. The summed E-state index contributed by atoms with van der Waals surface area (Å²) >= 11 is 5.68. The van der Waals surface area contributed by atoms with Gasteiger partial charge in [0.05, 0.1) is 15.5 Å². The minimum absolute atomic E-state index is 0.0457. The van der Waals surface area contributed by atoms with Crippen molar-refractivity contribution < 1.29 is 14.5 Å². The Morgan fingerprint density at radius 1 is 1.44 bits per heavy atom. The molecule has 1 rings (SSSR count). The zero-order valence-electron chi connectivity index (χ0n) is 8.19. The third-order valence-corrected chi connectivity index (χ3v) is 2.02. The first-order chi connectivity index (χ1) is 7.41. The molecule has 0 aliphatic rings. The highest BCUT2D eigenvalue weighted by Crippen LogP contribution is 2.21. The Labute approximate surface area is 95.4 Å². The van der Waals surface area contributed by atoms with Crippen LogP contribution in [0.2, 0.25) is 5.02 Å². The van der Waals surface area contributed by atoms with Crippen molar-refractivity contribution in [3.05, 3.63) is 38.9 Å². The van der Waals surface area contributed by atoms with E-state index < -0.39 is 16.7 Å². The Bertz CT molecular complexity index is 473. The lowest BCUT2D eigenvalue weighted by Gasteiger charge is -2.03. The molecule has 0 aromatic heterocycles. The molecule has 0 unspecified atom stereocenters. The zero-order chi connectivity index (χ0) is 12.3. The maximum atomic E-state index is 11.4. The van der Waals surface area contributed by atoms with Gasteiger partial charge in [-0.15, -0.1) is 0 Å². The Hall–Kier alpha value is -1.95. The summed E-state index contributed by atoms with van der Waals surface area (Å²) in [5.41, 5.74) is -0.371. The Balaban J connectivity index is 3.11. The highest BCUT2D eigenvalue weighted by atomic mass is 35.5. The molecule has 2 amide bonds. The first-order valence-electron chi connectivity index (χ1n) is 4.17. The lowest BCUT2D eigenvalue weighted by molar-refractivity contribution is -0.384. The van der Waals surface area contributed by atoms with Crippen LogP contribution in [0.1, 0.15) is 17.3 Å². The van der Waals surface area contributed by atoms with Gasteiger partial charge in [0.1, 0.15) is 0 Å². The molecule has 0 heterocycles. The smallest absolute Gasteiger partial charge is 0.270 e. The highest BCUT2D eigenvalue weighted by molar-refractivity contribution is 6.34. The number of non-ortho nitro benzene ring substituents is 1. The third-order valence-electron chi connectivity index (χ3n) is 1.69. The van der Waals surface area contributed by atoms with Crippen LogP contribution in [0.4, 0.5) is 5.69 Å². The molecule has 0 saturated carbocycles. The summed E-state index contributed by atoms with van der Waals surface area (Å²) in [6.07, 6.45) is 0. The van der Waals surface area contributed by atoms with Crippen LogP contribution < -0.4 is 5.32 Å². The fourth-order valence-corrected chi connectivity index (χ4v) is 1.23. The number of nitro benzene ring substituents is 1. The number of hydrogen-bond acceptors (Lipinski definition) is 4. The number of halogens is 1. The molecular formula is C9H7ClN2O4. The number of imide groups is 1. The number of nitro groups is 1. The van der Waals surface area contributed by atoms with Crippen LogP contribution >= 0.6 is 11.6 Å². The molecule has 0 bridgehead atoms. The first-order valence-corrected chi connectivity index (χ1v) is 4.55. The molecule has 1 aromatic carbocycles. The van der Waals surface area contributed by atoms with Gasteiger partial charge >= 0.3 is 0 Å². The van der Waals surface area contributed by atoms with E-state index in [1.807, 2.05) is 5.32 Å². The van der Waals surface area contributed by atoms with E-state index in [9.17, 15) is 19.7 Å². The summed E-state index contributed by atoms with van der Waals surface area (Å²) in [6, 6.07) is 3.42. The van der Waals surface area contributed by atoms with Crippen molar-refractivity contribution in [3.63, 3.8) is 0 Å². The lowest BCUT2D eigenvalue weighted by Crippen LogP contribution is -2.28. The molecule has 0 aliphatic carbocycles. The van der Waals surface area contributed by atoms with E-state index in [-0.39, 0.29) is 16.3 Å². The Kier molecular flexibility index (Phi) is 3.57. The van der Waals surface area contributed by atoms with Gasteiger partial charge in [-0.2, -0.15) is 0 Å². The summed E-state index contributed by atoms with van der Waals surface area (Å²) < 4.78 is 0. The van der Waals surface area contributed by atoms with Crippen molar-refractivity contribution in [1.29, 1.82) is 0 Å². The zero-order valence-corrected chi connectivity index (χ0v) is 8.95. The van der Waals surface area contributed by atoms with Crippen molar-refractivity contribution in [2.45, 2.75) is 6.92 Å². The maximum absolute atomic E-state index is 11.4. The summed E-state index contributed by atoms with van der Waals surface area (Å²) in [4.78, 5) is 31.9. The van der Waals surface area contributed by atoms with Gasteiger partial charge in [0.2, 0.25) is 5.91 Å². The van der Waals surface area contributed by atoms with E-state index >= 15 is 0 Å². The number of amides is 2. The number of nitrogens with one attached hydrogen (secondary N) is 1. The molecular weight excluding hydrogens is 236 g/mol. The van der Waals surface area contributed by atoms with Crippen LogP contribution in [0, 0.1) is 10.1 Å². The van der Waals surface area contributed by atoms with Gasteiger partial charge in [0.25, 0.3) is 11.6 Å². The van der Waals surface area contributed by atoms with E-state index in [1.54, 1.807) is 0 Å². The van der Waals surface area contributed by atoms with Crippen LogP contribution in [0.5, 0.6) is 0 Å². The molecule has 0 saturated heterocycles. The van der Waals surface area contributed by atoms with Gasteiger partial charge < -0.3 is 0 Å². The monoisotopic (exact) mass is 242 g/mol. The molecule has 16 heavy (non-hydrogen) atoms. The molecule has 6 nitrogen and oxygen atoms in total. The van der Waals surface area contributed by atoms with E-state index in [0.29, 0.717) is 0 Å². The first kappa shape index (κ1) is 12.1. The van der Waals surface area contributed by atoms with Gasteiger partial charge in [-0.05, 0) is 6.07 Å². The average molecular weight is 243 g/mol. The average Bonchev–Trinajstić information content (AvgIpc) is 2.16. The number of carbonyl (C=O) groups is 2.